The normalized spacial score (nSPS) is 22.3. The van der Waals surface area contributed by atoms with Gasteiger partial charge in [-0.2, -0.15) is 5.10 Å². The Labute approximate surface area is 179 Å². The molecule has 2 aliphatic heterocycles. The highest BCUT2D eigenvalue weighted by atomic mass is 16.3. The molecule has 9 heteroatoms. The van der Waals surface area contributed by atoms with Gasteiger partial charge in [0.2, 0.25) is 5.91 Å². The zero-order chi connectivity index (χ0) is 21.3. The summed E-state index contributed by atoms with van der Waals surface area (Å²) in [5, 5.41) is 10.3. The Morgan fingerprint density at radius 1 is 1.13 bits per heavy atom. The lowest BCUT2D eigenvalue weighted by molar-refractivity contribution is -0.130. The fourth-order valence-electron chi connectivity index (χ4n) is 4.68. The van der Waals surface area contributed by atoms with Crippen molar-refractivity contribution >= 4 is 17.6 Å². The third-order valence-electron chi connectivity index (χ3n) is 6.29. The van der Waals surface area contributed by atoms with Crippen LogP contribution in [0.4, 0.5) is 10.5 Å². The first-order chi connectivity index (χ1) is 15.1. The van der Waals surface area contributed by atoms with Gasteiger partial charge in [0, 0.05) is 30.7 Å². The first kappa shape index (κ1) is 19.3. The largest absolute Gasteiger partial charge is 0.469 e. The zero-order valence-corrected chi connectivity index (χ0v) is 17.0. The first-order valence-electron chi connectivity index (χ1n) is 10.4. The highest BCUT2D eigenvalue weighted by Crippen LogP contribution is 2.47. The summed E-state index contributed by atoms with van der Waals surface area (Å²) >= 11 is 0. The summed E-state index contributed by atoms with van der Waals surface area (Å²) in [6.45, 7) is 1.93. The Balaban J connectivity index is 1.34. The number of carbonyl (C=O) groups is 2. The molecule has 5 rings (SSSR count). The van der Waals surface area contributed by atoms with Gasteiger partial charge in [0.25, 0.3) is 0 Å². The molecule has 2 atom stereocenters. The van der Waals surface area contributed by atoms with Gasteiger partial charge in [-0.05, 0) is 37.1 Å². The van der Waals surface area contributed by atoms with Crippen LogP contribution in [0.3, 0.4) is 0 Å². The number of hydrogen-bond donors (Lipinski definition) is 2. The van der Waals surface area contributed by atoms with Gasteiger partial charge in [-0.15, -0.1) is 0 Å². The molecule has 3 aromatic rings. The number of carbonyl (C=O) groups excluding carboxylic acids is 2. The van der Waals surface area contributed by atoms with E-state index in [1.807, 2.05) is 46.0 Å². The Morgan fingerprint density at radius 3 is 2.77 bits per heavy atom. The Hall–Kier alpha value is -3.62. The molecule has 9 nitrogen and oxygen atoms in total. The van der Waals surface area contributed by atoms with Gasteiger partial charge in [-0.3, -0.25) is 4.79 Å². The summed E-state index contributed by atoms with van der Waals surface area (Å²) in [6, 6.07) is 12.3. The second-order valence-electron chi connectivity index (χ2n) is 8.17. The van der Waals surface area contributed by atoms with E-state index in [-0.39, 0.29) is 29.8 Å². The van der Waals surface area contributed by atoms with E-state index in [9.17, 15) is 9.59 Å². The number of para-hydroxylation sites is 1. The number of nitrogens with zero attached hydrogens (tertiary/aromatic N) is 4. The van der Waals surface area contributed by atoms with Gasteiger partial charge < -0.3 is 20.0 Å². The smallest absolute Gasteiger partial charge is 0.319 e. The van der Waals surface area contributed by atoms with Crippen molar-refractivity contribution in [2.45, 2.75) is 31.8 Å². The van der Waals surface area contributed by atoms with Crippen molar-refractivity contribution in [3.8, 4) is 0 Å². The van der Waals surface area contributed by atoms with E-state index >= 15 is 0 Å². The molecule has 160 valence electrons. The molecule has 3 amide bonds. The van der Waals surface area contributed by atoms with E-state index < -0.39 is 0 Å². The van der Waals surface area contributed by atoms with Crippen molar-refractivity contribution in [1.82, 2.24) is 25.0 Å². The maximum absolute atomic E-state index is 12.8. The number of fused-ring (bicyclic) bond motifs is 1. The molecule has 2 N–H and O–H groups in total. The number of hydrogen-bond acceptors (Lipinski definition) is 5. The topological polar surface area (TPSA) is 105 Å². The molecule has 0 aliphatic carbocycles. The fourth-order valence-corrected chi connectivity index (χ4v) is 4.68. The van der Waals surface area contributed by atoms with Gasteiger partial charge in [0.1, 0.15) is 17.9 Å². The van der Waals surface area contributed by atoms with Crippen LogP contribution in [0.25, 0.3) is 0 Å². The lowest BCUT2D eigenvalue weighted by atomic mass is 9.74. The molecular weight excluding hydrogens is 396 g/mol. The summed E-state index contributed by atoms with van der Waals surface area (Å²) in [6.07, 6.45) is 4.94. The van der Waals surface area contributed by atoms with Crippen LogP contribution in [0.2, 0.25) is 0 Å². The highest BCUT2D eigenvalue weighted by molar-refractivity contribution is 5.89. The maximum Gasteiger partial charge on any atom is 0.319 e. The predicted octanol–water partition coefficient (Wildman–Crippen LogP) is 2.60. The van der Waals surface area contributed by atoms with E-state index in [2.05, 4.69) is 20.7 Å². The van der Waals surface area contributed by atoms with Crippen molar-refractivity contribution < 1.29 is 14.0 Å². The maximum atomic E-state index is 12.8. The Kier molecular flexibility index (Phi) is 4.93. The van der Waals surface area contributed by atoms with Crippen LogP contribution in [0.1, 0.15) is 30.5 Å². The van der Waals surface area contributed by atoms with Gasteiger partial charge in [0.05, 0.1) is 18.7 Å². The summed E-state index contributed by atoms with van der Waals surface area (Å²) < 4.78 is 7.17. The molecule has 2 unspecified atom stereocenters. The first-order valence-corrected chi connectivity index (χ1v) is 10.4. The Bertz CT molecular complexity index is 1060. The van der Waals surface area contributed by atoms with Crippen LogP contribution >= 0.6 is 0 Å². The SMILES string of the molecule is O=C(Nc1ccccc1)NC1c2ncnn2CCC12CCN(C(=O)Cc1ccco1)C2. The molecule has 0 saturated carbocycles. The molecule has 1 fully saturated rings. The number of benzene rings is 1. The van der Waals surface area contributed by atoms with E-state index in [1.54, 1.807) is 12.3 Å². The lowest BCUT2D eigenvalue weighted by Gasteiger charge is -2.40. The molecule has 0 radical (unpaired) electrons. The minimum Gasteiger partial charge on any atom is -0.469 e. The highest BCUT2D eigenvalue weighted by Gasteiger charge is 2.50. The summed E-state index contributed by atoms with van der Waals surface area (Å²) in [5.74, 6) is 1.42. The molecule has 1 spiro atoms. The van der Waals surface area contributed by atoms with E-state index in [0.717, 1.165) is 18.7 Å². The number of rotatable bonds is 4. The second-order valence-corrected chi connectivity index (χ2v) is 8.17. The number of urea groups is 1. The predicted molar refractivity (Wildman–Crippen MR) is 112 cm³/mol. The fraction of sp³-hybridized carbons (Fsp3) is 0.364. The summed E-state index contributed by atoms with van der Waals surface area (Å²) in [7, 11) is 0. The van der Waals surface area contributed by atoms with Gasteiger partial charge in [-0.1, -0.05) is 18.2 Å². The quantitative estimate of drug-likeness (QED) is 0.675. The number of aromatic nitrogens is 3. The number of nitrogens with one attached hydrogen (secondary N) is 2. The average molecular weight is 420 g/mol. The molecule has 2 aromatic heterocycles. The van der Waals surface area contributed by atoms with Crippen molar-refractivity contribution in [3.05, 3.63) is 66.6 Å². The third-order valence-corrected chi connectivity index (χ3v) is 6.29. The monoisotopic (exact) mass is 420 g/mol. The Morgan fingerprint density at radius 2 is 1.97 bits per heavy atom. The van der Waals surface area contributed by atoms with Crippen LogP contribution in [-0.2, 0) is 17.8 Å². The molecule has 1 saturated heterocycles. The summed E-state index contributed by atoms with van der Waals surface area (Å²) in [5.41, 5.74) is 0.434. The van der Waals surface area contributed by atoms with Crippen molar-refractivity contribution in [2.24, 2.45) is 5.41 Å². The van der Waals surface area contributed by atoms with Crippen LogP contribution in [0.15, 0.2) is 59.5 Å². The number of anilines is 1. The molecular formula is C22H24N6O3. The van der Waals surface area contributed by atoms with E-state index in [1.165, 1.54) is 6.33 Å². The second kappa shape index (κ2) is 7.90. The van der Waals surface area contributed by atoms with Gasteiger partial charge >= 0.3 is 6.03 Å². The van der Waals surface area contributed by atoms with Crippen molar-refractivity contribution in [2.75, 3.05) is 18.4 Å². The molecule has 0 bridgehead atoms. The standard InChI is InChI=1S/C22H24N6O3/c29-18(13-17-7-4-12-31-17)27-10-8-22(14-27)9-11-28-20(23-15-24-28)19(22)26-21(30)25-16-5-2-1-3-6-16/h1-7,12,15,19H,8-11,13-14H2,(H2,25,26,30). The molecule has 1 aromatic carbocycles. The minimum absolute atomic E-state index is 0.0337. The van der Waals surface area contributed by atoms with Gasteiger partial charge in [-0.25, -0.2) is 14.5 Å². The average Bonchev–Trinajstić information content (AvgIpc) is 3.52. The third kappa shape index (κ3) is 3.78. The van der Waals surface area contributed by atoms with E-state index in [0.29, 0.717) is 31.1 Å². The van der Waals surface area contributed by atoms with Crippen molar-refractivity contribution in [1.29, 1.82) is 0 Å². The number of aryl methyl sites for hydroxylation is 1. The van der Waals surface area contributed by atoms with Crippen LogP contribution in [0.5, 0.6) is 0 Å². The molecule has 31 heavy (non-hydrogen) atoms. The van der Waals surface area contributed by atoms with Crippen LogP contribution in [0, 0.1) is 5.41 Å². The number of furan rings is 1. The zero-order valence-electron chi connectivity index (χ0n) is 17.0. The minimum atomic E-state index is -0.339. The molecule has 2 aliphatic rings. The van der Waals surface area contributed by atoms with Gasteiger partial charge in [0.15, 0.2) is 0 Å². The van der Waals surface area contributed by atoms with Crippen molar-refractivity contribution in [3.63, 3.8) is 0 Å². The van der Waals surface area contributed by atoms with Crippen LogP contribution in [-0.4, -0.2) is 44.7 Å². The number of amides is 3. The summed E-state index contributed by atoms with van der Waals surface area (Å²) in [4.78, 5) is 32.0. The lowest BCUT2D eigenvalue weighted by Crippen LogP contribution is -2.49. The number of likely N-dealkylation sites (tertiary alicyclic amines) is 1. The van der Waals surface area contributed by atoms with Crippen LogP contribution < -0.4 is 10.6 Å². The van der Waals surface area contributed by atoms with E-state index in [4.69, 9.17) is 4.42 Å². The molecule has 4 heterocycles.